The topological polar surface area (TPSA) is 76.7 Å². The highest BCUT2D eigenvalue weighted by atomic mass is 16.6. The molecule has 104 valence electrons. The van der Waals surface area contributed by atoms with Gasteiger partial charge in [-0.05, 0) is 20.8 Å². The average molecular weight is 263 g/mol. The first-order valence-electron chi connectivity index (χ1n) is 6.22. The maximum Gasteiger partial charge on any atom is 0.274 e. The summed E-state index contributed by atoms with van der Waals surface area (Å²) in [6.07, 6.45) is 0. The van der Waals surface area contributed by atoms with Crippen molar-refractivity contribution in [2.45, 2.75) is 26.3 Å². The van der Waals surface area contributed by atoms with Gasteiger partial charge in [0.15, 0.2) is 5.71 Å². The molecule has 0 spiro atoms. The fraction of sp³-hybridized carbons (Fsp3) is 0.429. The second kappa shape index (κ2) is 6.89. The van der Waals surface area contributed by atoms with Gasteiger partial charge in [-0.3, -0.25) is 4.79 Å². The van der Waals surface area contributed by atoms with Gasteiger partial charge in [-0.2, -0.15) is 0 Å². The van der Waals surface area contributed by atoms with Crippen LogP contribution in [0.2, 0.25) is 0 Å². The summed E-state index contributed by atoms with van der Waals surface area (Å²) in [5.41, 5.74) is 5.97. The van der Waals surface area contributed by atoms with E-state index in [-0.39, 0.29) is 23.8 Å². The second-order valence-corrected chi connectivity index (χ2v) is 5.13. The summed E-state index contributed by atoms with van der Waals surface area (Å²) in [5.74, 6) is -0.268. The SMILES string of the molecule is CC(C)(C)NC(=O)/C(=N/OCCN)c1ccccc1. The molecule has 0 saturated heterocycles. The van der Waals surface area contributed by atoms with Gasteiger partial charge in [0.1, 0.15) is 6.61 Å². The van der Waals surface area contributed by atoms with E-state index < -0.39 is 0 Å². The van der Waals surface area contributed by atoms with Crippen molar-refractivity contribution in [1.82, 2.24) is 5.32 Å². The van der Waals surface area contributed by atoms with Crippen LogP contribution in [0.15, 0.2) is 35.5 Å². The molecule has 0 radical (unpaired) electrons. The number of oxime groups is 1. The Kier molecular flexibility index (Phi) is 5.51. The van der Waals surface area contributed by atoms with Crippen molar-refractivity contribution in [3.05, 3.63) is 35.9 Å². The van der Waals surface area contributed by atoms with Crippen LogP contribution in [0.1, 0.15) is 26.3 Å². The van der Waals surface area contributed by atoms with E-state index in [1.165, 1.54) is 0 Å². The average Bonchev–Trinajstić information content (AvgIpc) is 2.33. The van der Waals surface area contributed by atoms with E-state index in [1.54, 1.807) is 0 Å². The maximum atomic E-state index is 12.2. The first-order valence-corrected chi connectivity index (χ1v) is 6.22. The molecule has 19 heavy (non-hydrogen) atoms. The van der Waals surface area contributed by atoms with Crippen LogP contribution >= 0.6 is 0 Å². The molecule has 0 fully saturated rings. The van der Waals surface area contributed by atoms with E-state index in [9.17, 15) is 4.79 Å². The highest BCUT2D eigenvalue weighted by Crippen LogP contribution is 2.05. The van der Waals surface area contributed by atoms with Crippen molar-refractivity contribution in [1.29, 1.82) is 0 Å². The van der Waals surface area contributed by atoms with Crippen LogP contribution in [-0.2, 0) is 9.63 Å². The molecule has 0 atom stereocenters. The molecule has 3 N–H and O–H groups in total. The van der Waals surface area contributed by atoms with Gasteiger partial charge in [0.2, 0.25) is 0 Å². The molecule has 0 aliphatic heterocycles. The van der Waals surface area contributed by atoms with Crippen LogP contribution in [0.4, 0.5) is 0 Å². The van der Waals surface area contributed by atoms with E-state index >= 15 is 0 Å². The molecule has 0 aromatic heterocycles. The summed E-state index contributed by atoms with van der Waals surface area (Å²) in [7, 11) is 0. The minimum absolute atomic E-state index is 0.254. The fourth-order valence-electron chi connectivity index (χ4n) is 1.38. The molecule has 0 saturated carbocycles. The second-order valence-electron chi connectivity index (χ2n) is 5.13. The Morgan fingerprint density at radius 2 is 1.95 bits per heavy atom. The van der Waals surface area contributed by atoms with E-state index in [0.717, 1.165) is 0 Å². The Balaban J connectivity index is 2.93. The molecular formula is C14H21N3O2. The number of carbonyl (C=O) groups excluding carboxylic acids is 1. The molecule has 0 heterocycles. The monoisotopic (exact) mass is 263 g/mol. The van der Waals surface area contributed by atoms with E-state index in [4.69, 9.17) is 10.6 Å². The van der Waals surface area contributed by atoms with Crippen molar-refractivity contribution in [3.63, 3.8) is 0 Å². The van der Waals surface area contributed by atoms with Gasteiger partial charge >= 0.3 is 0 Å². The van der Waals surface area contributed by atoms with Gasteiger partial charge in [0, 0.05) is 17.6 Å². The summed E-state index contributed by atoms with van der Waals surface area (Å²) in [4.78, 5) is 17.2. The molecule has 1 aromatic rings. The number of rotatable bonds is 5. The quantitative estimate of drug-likeness (QED) is 0.477. The molecule has 1 amide bonds. The van der Waals surface area contributed by atoms with E-state index in [0.29, 0.717) is 12.1 Å². The third-order valence-corrected chi connectivity index (χ3v) is 2.12. The third kappa shape index (κ3) is 5.52. The molecule has 0 aliphatic rings. The lowest BCUT2D eigenvalue weighted by molar-refractivity contribution is -0.116. The predicted octanol–water partition coefficient (Wildman–Crippen LogP) is 1.28. The van der Waals surface area contributed by atoms with Crippen LogP contribution in [0.3, 0.4) is 0 Å². The van der Waals surface area contributed by atoms with Crippen LogP contribution in [0.25, 0.3) is 0 Å². The van der Waals surface area contributed by atoms with E-state index in [2.05, 4.69) is 10.5 Å². The van der Waals surface area contributed by atoms with Crippen molar-refractivity contribution in [2.24, 2.45) is 10.9 Å². The van der Waals surface area contributed by atoms with Gasteiger partial charge in [-0.15, -0.1) is 0 Å². The zero-order valence-corrected chi connectivity index (χ0v) is 11.6. The minimum atomic E-state index is -0.333. The van der Waals surface area contributed by atoms with Crippen molar-refractivity contribution in [2.75, 3.05) is 13.2 Å². The van der Waals surface area contributed by atoms with Crippen LogP contribution < -0.4 is 11.1 Å². The maximum absolute atomic E-state index is 12.2. The molecule has 1 rings (SSSR count). The van der Waals surface area contributed by atoms with Crippen LogP contribution in [0, 0.1) is 0 Å². The third-order valence-electron chi connectivity index (χ3n) is 2.12. The minimum Gasteiger partial charge on any atom is -0.394 e. The molecule has 0 bridgehead atoms. The molecule has 0 aliphatic carbocycles. The zero-order valence-electron chi connectivity index (χ0n) is 11.6. The zero-order chi connectivity index (χ0) is 14.3. The molecular weight excluding hydrogens is 242 g/mol. The van der Waals surface area contributed by atoms with Crippen LogP contribution in [0.5, 0.6) is 0 Å². The van der Waals surface area contributed by atoms with Crippen LogP contribution in [-0.4, -0.2) is 30.3 Å². The first kappa shape index (κ1) is 15.2. The number of hydrogen-bond donors (Lipinski definition) is 2. The normalized spacial score (nSPS) is 12.1. The van der Waals surface area contributed by atoms with Gasteiger partial charge in [-0.1, -0.05) is 35.5 Å². The Labute approximate surface area is 113 Å². The highest BCUT2D eigenvalue weighted by Gasteiger charge is 2.20. The number of nitrogens with two attached hydrogens (primary N) is 1. The smallest absolute Gasteiger partial charge is 0.274 e. The largest absolute Gasteiger partial charge is 0.394 e. The summed E-state index contributed by atoms with van der Waals surface area (Å²) >= 11 is 0. The Morgan fingerprint density at radius 1 is 1.32 bits per heavy atom. The van der Waals surface area contributed by atoms with Gasteiger partial charge in [-0.25, -0.2) is 0 Å². The fourth-order valence-corrected chi connectivity index (χ4v) is 1.38. The number of nitrogens with one attached hydrogen (secondary N) is 1. The first-order chi connectivity index (χ1) is 8.94. The Morgan fingerprint density at radius 3 is 2.47 bits per heavy atom. The number of hydrogen-bond acceptors (Lipinski definition) is 4. The molecule has 1 aromatic carbocycles. The number of carbonyl (C=O) groups is 1. The van der Waals surface area contributed by atoms with Gasteiger partial charge in [0.05, 0.1) is 0 Å². The van der Waals surface area contributed by atoms with E-state index in [1.807, 2.05) is 51.1 Å². The molecule has 0 unspecified atom stereocenters. The lowest BCUT2D eigenvalue weighted by Crippen LogP contribution is -2.44. The standard InChI is InChI=1S/C14H21N3O2/c1-14(2,3)16-13(18)12(17-19-10-9-15)11-7-5-4-6-8-11/h4-8H,9-10,15H2,1-3H3,(H,16,18)/b17-12+. The molecule has 5 nitrogen and oxygen atoms in total. The predicted molar refractivity (Wildman–Crippen MR) is 75.9 cm³/mol. The summed E-state index contributed by atoms with van der Waals surface area (Å²) in [5, 5.41) is 6.76. The summed E-state index contributed by atoms with van der Waals surface area (Å²) in [6, 6.07) is 9.19. The Bertz CT molecular complexity index is 436. The Hall–Kier alpha value is -1.88. The molecule has 5 heteroatoms. The number of amides is 1. The van der Waals surface area contributed by atoms with Crippen molar-refractivity contribution in [3.8, 4) is 0 Å². The van der Waals surface area contributed by atoms with Crippen molar-refractivity contribution < 1.29 is 9.63 Å². The number of nitrogens with zero attached hydrogens (tertiary/aromatic N) is 1. The summed E-state index contributed by atoms with van der Waals surface area (Å²) < 4.78 is 0. The lowest BCUT2D eigenvalue weighted by Gasteiger charge is -2.20. The summed E-state index contributed by atoms with van der Waals surface area (Å²) in [6.45, 7) is 6.36. The highest BCUT2D eigenvalue weighted by molar-refractivity contribution is 6.45. The van der Waals surface area contributed by atoms with Gasteiger partial charge < -0.3 is 15.9 Å². The number of benzene rings is 1. The van der Waals surface area contributed by atoms with Crippen molar-refractivity contribution >= 4 is 11.6 Å². The van der Waals surface area contributed by atoms with Gasteiger partial charge in [0.25, 0.3) is 5.91 Å². The lowest BCUT2D eigenvalue weighted by atomic mass is 10.1.